The number of hydrogen-bond acceptors (Lipinski definition) is 2. The van der Waals surface area contributed by atoms with Crippen molar-refractivity contribution in [2.45, 2.75) is 130 Å². The Hall–Kier alpha value is -1.64. The number of aryl methyl sites for hydroxylation is 2. The van der Waals surface area contributed by atoms with Crippen molar-refractivity contribution in [1.29, 1.82) is 0 Å². The van der Waals surface area contributed by atoms with Gasteiger partial charge in [-0.1, -0.05) is 62.7 Å². The summed E-state index contributed by atoms with van der Waals surface area (Å²) in [5.41, 5.74) is 8.11. The maximum absolute atomic E-state index is 2.84. The van der Waals surface area contributed by atoms with Gasteiger partial charge in [-0.3, -0.25) is 9.80 Å². The number of likely N-dealkylation sites (tertiary alicyclic amines) is 2. The molecule has 2 nitrogen and oxygen atoms in total. The van der Waals surface area contributed by atoms with E-state index < -0.39 is 0 Å². The molecule has 0 amide bonds. The lowest BCUT2D eigenvalue weighted by Crippen LogP contribution is -2.42. The van der Waals surface area contributed by atoms with Crippen molar-refractivity contribution >= 4 is 0 Å². The van der Waals surface area contributed by atoms with Crippen LogP contribution in [0.15, 0.2) is 42.5 Å². The van der Waals surface area contributed by atoms with Crippen LogP contribution in [0.2, 0.25) is 0 Å². The van der Waals surface area contributed by atoms with Crippen molar-refractivity contribution in [2.24, 2.45) is 0 Å². The van der Waals surface area contributed by atoms with Gasteiger partial charge in [0, 0.05) is 29.2 Å². The molecule has 0 aliphatic carbocycles. The fourth-order valence-corrected chi connectivity index (χ4v) is 7.09. The molecule has 2 heterocycles. The number of hydrogen-bond donors (Lipinski definition) is 0. The van der Waals surface area contributed by atoms with Crippen LogP contribution in [0.25, 0.3) is 0 Å². The molecule has 3 unspecified atom stereocenters. The molecule has 0 bridgehead atoms. The first kappa shape index (κ1) is 26.4. The van der Waals surface area contributed by atoms with E-state index in [2.05, 4.69) is 108 Å². The fourth-order valence-electron chi connectivity index (χ4n) is 7.09. The second kappa shape index (κ2) is 10.4. The molecule has 0 N–H and O–H groups in total. The summed E-state index contributed by atoms with van der Waals surface area (Å²) in [6.07, 6.45) is 8.58. The minimum Gasteiger partial charge on any atom is -0.291 e. The van der Waals surface area contributed by atoms with Gasteiger partial charge in [-0.25, -0.2) is 0 Å². The summed E-state index contributed by atoms with van der Waals surface area (Å²) in [6, 6.07) is 18.3. The van der Waals surface area contributed by atoms with Crippen molar-refractivity contribution < 1.29 is 0 Å². The van der Waals surface area contributed by atoms with E-state index >= 15 is 0 Å². The van der Waals surface area contributed by atoms with Crippen LogP contribution >= 0.6 is 0 Å². The van der Waals surface area contributed by atoms with Crippen LogP contribution in [0.4, 0.5) is 0 Å². The highest BCUT2D eigenvalue weighted by molar-refractivity contribution is 5.38. The topological polar surface area (TPSA) is 6.48 Å². The first-order chi connectivity index (χ1) is 16.6. The lowest BCUT2D eigenvalue weighted by atomic mass is 9.90. The molecule has 0 aromatic heterocycles. The monoisotopic (exact) mass is 474 g/mol. The first-order valence-corrected chi connectivity index (χ1v) is 14.3. The number of nitrogens with zero attached hydrogens (tertiary/aromatic N) is 2. The average molecular weight is 475 g/mol. The van der Waals surface area contributed by atoms with Crippen LogP contribution in [0, 0.1) is 0 Å². The molecule has 4 rings (SSSR count). The third kappa shape index (κ3) is 5.39. The predicted molar refractivity (Wildman–Crippen MR) is 151 cm³/mol. The molecule has 2 saturated heterocycles. The lowest BCUT2D eigenvalue weighted by molar-refractivity contribution is 0.0747. The standard InChI is InChI=1S/C33H50N2/c1-9-14-25-15-11-12-16-27(25)31-21-20-29(35(31)33(6,7)8)26-18-19-28(24(10-2)23-26)30-17-13-22-34(30)32(3,4)5/h11-12,15-16,18-19,23,29-31H,9-10,13-14,17,20-22H2,1-8H3. The molecular formula is C33H50N2. The van der Waals surface area contributed by atoms with Gasteiger partial charge in [0.2, 0.25) is 0 Å². The zero-order chi connectivity index (χ0) is 25.4. The SMILES string of the molecule is CCCc1ccccc1C1CCC(c2ccc(C3CCCN3C(C)(C)C)c(CC)c2)N1C(C)(C)C. The van der Waals surface area contributed by atoms with Crippen molar-refractivity contribution in [3.05, 3.63) is 70.3 Å². The van der Waals surface area contributed by atoms with Crippen LogP contribution in [-0.2, 0) is 12.8 Å². The number of benzene rings is 2. The molecule has 2 aromatic carbocycles. The zero-order valence-corrected chi connectivity index (χ0v) is 23.8. The van der Waals surface area contributed by atoms with E-state index in [-0.39, 0.29) is 11.1 Å². The van der Waals surface area contributed by atoms with Gasteiger partial charge < -0.3 is 0 Å². The van der Waals surface area contributed by atoms with Gasteiger partial charge in [-0.05, 0) is 114 Å². The van der Waals surface area contributed by atoms with E-state index in [0.717, 1.165) is 6.42 Å². The molecule has 3 atom stereocenters. The highest BCUT2D eigenvalue weighted by Crippen LogP contribution is 2.49. The first-order valence-electron chi connectivity index (χ1n) is 14.3. The molecule has 2 aliphatic rings. The van der Waals surface area contributed by atoms with Crippen LogP contribution in [0.5, 0.6) is 0 Å². The van der Waals surface area contributed by atoms with Gasteiger partial charge in [0.05, 0.1) is 0 Å². The smallest absolute Gasteiger partial charge is 0.0362 e. The molecule has 2 heteroatoms. The molecule has 0 spiro atoms. The Labute approximate surface area is 216 Å². The summed E-state index contributed by atoms with van der Waals surface area (Å²) in [5.74, 6) is 0. The Kier molecular flexibility index (Phi) is 7.84. The molecule has 0 saturated carbocycles. The highest BCUT2D eigenvalue weighted by atomic mass is 15.3. The Balaban J connectivity index is 1.69. The van der Waals surface area contributed by atoms with E-state index in [4.69, 9.17) is 0 Å². The Bertz CT molecular complexity index is 993. The largest absolute Gasteiger partial charge is 0.291 e. The van der Waals surface area contributed by atoms with Gasteiger partial charge in [0.15, 0.2) is 0 Å². The van der Waals surface area contributed by atoms with E-state index in [1.54, 1.807) is 22.3 Å². The quantitative estimate of drug-likeness (QED) is 0.412. The van der Waals surface area contributed by atoms with Crippen molar-refractivity contribution in [3.63, 3.8) is 0 Å². The predicted octanol–water partition coefficient (Wildman–Crippen LogP) is 8.81. The molecular weight excluding hydrogens is 424 g/mol. The van der Waals surface area contributed by atoms with Gasteiger partial charge in [0.1, 0.15) is 0 Å². The molecule has 2 aromatic rings. The van der Waals surface area contributed by atoms with Crippen LogP contribution in [0.1, 0.15) is 133 Å². The van der Waals surface area contributed by atoms with Gasteiger partial charge in [0.25, 0.3) is 0 Å². The third-order valence-corrected chi connectivity index (χ3v) is 8.50. The summed E-state index contributed by atoms with van der Waals surface area (Å²) in [6.45, 7) is 20.2. The molecule has 192 valence electrons. The van der Waals surface area contributed by atoms with Crippen LogP contribution in [0.3, 0.4) is 0 Å². The Morgan fingerprint density at radius 1 is 0.743 bits per heavy atom. The third-order valence-electron chi connectivity index (χ3n) is 8.50. The molecule has 2 fully saturated rings. The summed E-state index contributed by atoms with van der Waals surface area (Å²) in [4.78, 5) is 5.58. The zero-order valence-electron chi connectivity index (χ0n) is 23.8. The van der Waals surface area contributed by atoms with Crippen LogP contribution < -0.4 is 0 Å². The van der Waals surface area contributed by atoms with E-state index in [9.17, 15) is 0 Å². The number of rotatable bonds is 6. The van der Waals surface area contributed by atoms with Gasteiger partial charge in [-0.2, -0.15) is 0 Å². The normalized spacial score (nSPS) is 24.4. The second-order valence-electron chi connectivity index (χ2n) is 13.0. The Morgan fingerprint density at radius 3 is 2.09 bits per heavy atom. The fraction of sp³-hybridized carbons (Fsp3) is 0.636. The second-order valence-corrected chi connectivity index (χ2v) is 13.0. The van der Waals surface area contributed by atoms with E-state index in [0.29, 0.717) is 18.1 Å². The molecule has 0 radical (unpaired) electrons. The minimum absolute atomic E-state index is 0.116. The maximum Gasteiger partial charge on any atom is 0.0362 e. The summed E-state index contributed by atoms with van der Waals surface area (Å²) >= 11 is 0. The van der Waals surface area contributed by atoms with Gasteiger partial charge in [-0.15, -0.1) is 0 Å². The average Bonchev–Trinajstić information content (AvgIpc) is 3.47. The van der Waals surface area contributed by atoms with E-state index in [1.807, 2.05) is 0 Å². The molecule has 2 aliphatic heterocycles. The molecule has 35 heavy (non-hydrogen) atoms. The summed E-state index contributed by atoms with van der Waals surface area (Å²) in [5, 5.41) is 0. The highest BCUT2D eigenvalue weighted by Gasteiger charge is 2.42. The van der Waals surface area contributed by atoms with Crippen molar-refractivity contribution in [2.75, 3.05) is 6.54 Å². The summed E-state index contributed by atoms with van der Waals surface area (Å²) < 4.78 is 0. The minimum atomic E-state index is 0.116. The lowest BCUT2D eigenvalue weighted by Gasteiger charge is -2.42. The van der Waals surface area contributed by atoms with Gasteiger partial charge >= 0.3 is 0 Å². The van der Waals surface area contributed by atoms with E-state index in [1.165, 1.54) is 50.6 Å². The Morgan fingerprint density at radius 2 is 1.43 bits per heavy atom. The van der Waals surface area contributed by atoms with Crippen molar-refractivity contribution in [3.8, 4) is 0 Å². The van der Waals surface area contributed by atoms with Crippen LogP contribution in [-0.4, -0.2) is 27.4 Å². The maximum atomic E-state index is 2.84. The summed E-state index contributed by atoms with van der Waals surface area (Å²) in [7, 11) is 0. The van der Waals surface area contributed by atoms with Crippen molar-refractivity contribution in [1.82, 2.24) is 9.80 Å².